The normalized spacial score (nSPS) is 8.75. The Morgan fingerprint density at radius 2 is 1.50 bits per heavy atom. The van der Waals surface area contributed by atoms with Crippen LogP contribution < -0.4 is 6.15 Å². The monoisotopic (exact) mass is 161 g/mol. The molecule has 0 fully saturated rings. The first-order valence-electron chi connectivity index (χ1n) is 1.74. The van der Waals surface area contributed by atoms with E-state index in [0.29, 0.717) is 0 Å². The highest BCUT2D eigenvalue weighted by molar-refractivity contribution is 7.90. The summed E-state index contributed by atoms with van der Waals surface area (Å²) in [6, 6.07) is 0. The van der Waals surface area contributed by atoms with Crippen molar-refractivity contribution >= 4 is 22.2 Å². The number of hydrogen-bond donors (Lipinski definition) is 1. The van der Waals surface area contributed by atoms with Crippen LogP contribution in [0.4, 0.5) is 0 Å². The van der Waals surface area contributed by atoms with Gasteiger partial charge < -0.3 is 6.15 Å². The van der Waals surface area contributed by atoms with Crippen LogP contribution >= 0.6 is 12.4 Å². The van der Waals surface area contributed by atoms with Crippen LogP contribution in [0.3, 0.4) is 0 Å². The third-order valence-electron chi connectivity index (χ3n) is 0.524. The number of halogens is 1. The van der Waals surface area contributed by atoms with Crippen LogP contribution in [-0.4, -0.2) is 20.4 Å². The highest BCUT2D eigenvalue weighted by atomic mass is 35.5. The van der Waals surface area contributed by atoms with Crippen molar-refractivity contribution in [2.75, 3.05) is 12.0 Å². The molecular formula is C3H12ClNO2S. The van der Waals surface area contributed by atoms with Crippen molar-refractivity contribution in [3.63, 3.8) is 0 Å². The van der Waals surface area contributed by atoms with Crippen molar-refractivity contribution in [3.05, 3.63) is 0 Å². The van der Waals surface area contributed by atoms with E-state index in [4.69, 9.17) is 0 Å². The summed E-state index contributed by atoms with van der Waals surface area (Å²) in [5.74, 6) is 0.243. The fourth-order valence-corrected chi connectivity index (χ4v) is 0. The largest absolute Gasteiger partial charge is 0.344 e. The molecule has 0 amide bonds. The second kappa shape index (κ2) is 5.34. The van der Waals surface area contributed by atoms with Crippen LogP contribution in [0.15, 0.2) is 0 Å². The second-order valence-electron chi connectivity index (χ2n) is 1.21. The number of sulfone groups is 1. The quantitative estimate of drug-likeness (QED) is 0.614. The van der Waals surface area contributed by atoms with E-state index in [1.807, 2.05) is 0 Å². The Morgan fingerprint density at radius 3 is 1.50 bits per heavy atom. The molecule has 0 aliphatic heterocycles. The van der Waals surface area contributed by atoms with Crippen molar-refractivity contribution < 1.29 is 8.42 Å². The van der Waals surface area contributed by atoms with E-state index in [1.165, 1.54) is 6.26 Å². The first kappa shape index (κ1) is 15.7. The van der Waals surface area contributed by atoms with Gasteiger partial charge in [-0.05, 0) is 0 Å². The van der Waals surface area contributed by atoms with Gasteiger partial charge in [0.1, 0.15) is 9.84 Å². The van der Waals surface area contributed by atoms with Crippen LogP contribution in [0.1, 0.15) is 6.92 Å². The van der Waals surface area contributed by atoms with Crippen LogP contribution in [-0.2, 0) is 9.84 Å². The van der Waals surface area contributed by atoms with E-state index in [9.17, 15) is 8.42 Å². The van der Waals surface area contributed by atoms with Gasteiger partial charge in [-0.1, -0.05) is 6.92 Å². The Hall–Kier alpha value is 0.200. The number of hydrogen-bond acceptors (Lipinski definition) is 3. The first-order valence-corrected chi connectivity index (χ1v) is 3.80. The van der Waals surface area contributed by atoms with Gasteiger partial charge in [0.15, 0.2) is 0 Å². The topological polar surface area (TPSA) is 69.1 Å². The smallest absolute Gasteiger partial charge is 0.147 e. The molecule has 3 N–H and O–H groups in total. The zero-order valence-corrected chi connectivity index (χ0v) is 6.68. The van der Waals surface area contributed by atoms with Crippen molar-refractivity contribution in [1.82, 2.24) is 6.15 Å². The molecule has 0 rings (SSSR count). The maximum atomic E-state index is 10.0. The van der Waals surface area contributed by atoms with Crippen molar-refractivity contribution in [2.24, 2.45) is 0 Å². The molecule has 0 radical (unpaired) electrons. The lowest BCUT2D eigenvalue weighted by atomic mass is 11.0. The molecule has 0 aromatic carbocycles. The van der Waals surface area contributed by atoms with Gasteiger partial charge in [-0.15, -0.1) is 12.4 Å². The van der Waals surface area contributed by atoms with E-state index in [-0.39, 0.29) is 24.3 Å². The maximum absolute atomic E-state index is 10.0. The third kappa shape index (κ3) is 16.4. The minimum Gasteiger partial charge on any atom is -0.344 e. The zero-order valence-electron chi connectivity index (χ0n) is 5.05. The van der Waals surface area contributed by atoms with E-state index < -0.39 is 9.84 Å². The Balaban J connectivity index is -0.000000125. The minimum atomic E-state index is -2.66. The lowest BCUT2D eigenvalue weighted by molar-refractivity contribution is 0.603. The summed E-state index contributed by atoms with van der Waals surface area (Å²) in [5, 5.41) is 0. The lowest BCUT2D eigenvalue weighted by Gasteiger charge is -1.81. The molecule has 5 heteroatoms. The molecule has 0 spiro atoms. The highest BCUT2D eigenvalue weighted by Crippen LogP contribution is 1.75. The van der Waals surface area contributed by atoms with Gasteiger partial charge in [0, 0.05) is 12.0 Å². The summed E-state index contributed by atoms with van der Waals surface area (Å²) in [6.07, 6.45) is 1.22. The van der Waals surface area contributed by atoms with Crippen LogP contribution in [0.5, 0.6) is 0 Å². The van der Waals surface area contributed by atoms with Gasteiger partial charge in [0.25, 0.3) is 0 Å². The van der Waals surface area contributed by atoms with Gasteiger partial charge in [-0.3, -0.25) is 0 Å². The summed E-state index contributed by atoms with van der Waals surface area (Å²) in [5.41, 5.74) is 0. The molecule has 8 heavy (non-hydrogen) atoms. The SMILES string of the molecule is CCS(C)(=O)=O.Cl.N. The molecule has 0 unspecified atom stereocenters. The van der Waals surface area contributed by atoms with Gasteiger partial charge >= 0.3 is 0 Å². The van der Waals surface area contributed by atoms with Crippen molar-refractivity contribution in [1.29, 1.82) is 0 Å². The summed E-state index contributed by atoms with van der Waals surface area (Å²) in [7, 11) is -2.66. The average molecular weight is 162 g/mol. The highest BCUT2D eigenvalue weighted by Gasteiger charge is 1.90. The van der Waals surface area contributed by atoms with Gasteiger partial charge in [-0.25, -0.2) is 8.42 Å². The predicted molar refractivity (Wildman–Crippen MR) is 37.7 cm³/mol. The third-order valence-corrected chi connectivity index (χ3v) is 1.57. The summed E-state index contributed by atoms with van der Waals surface area (Å²) >= 11 is 0. The van der Waals surface area contributed by atoms with E-state index >= 15 is 0 Å². The second-order valence-corrected chi connectivity index (χ2v) is 3.64. The first-order chi connectivity index (χ1) is 2.56. The fourth-order valence-electron chi connectivity index (χ4n) is 0. The predicted octanol–water partition coefficient (Wildman–Crippen LogP) is 0.635. The molecule has 0 aromatic rings. The molecule has 0 aliphatic rings. The van der Waals surface area contributed by atoms with E-state index in [0.717, 1.165) is 0 Å². The molecule has 0 heterocycles. The lowest BCUT2D eigenvalue weighted by Crippen LogP contribution is -1.96. The average Bonchev–Trinajstić information content (AvgIpc) is 1.35. The Labute approximate surface area is 56.4 Å². The molecule has 54 valence electrons. The van der Waals surface area contributed by atoms with Crippen molar-refractivity contribution in [2.45, 2.75) is 6.92 Å². The van der Waals surface area contributed by atoms with Gasteiger partial charge in [0.05, 0.1) is 0 Å². The van der Waals surface area contributed by atoms with E-state index in [1.54, 1.807) is 6.92 Å². The van der Waals surface area contributed by atoms with Gasteiger partial charge in [-0.2, -0.15) is 0 Å². The molecular weight excluding hydrogens is 150 g/mol. The van der Waals surface area contributed by atoms with E-state index in [2.05, 4.69) is 0 Å². The Bertz CT molecular complexity index is 119. The summed E-state index contributed by atoms with van der Waals surface area (Å²) < 4.78 is 20.0. The number of rotatable bonds is 1. The van der Waals surface area contributed by atoms with Gasteiger partial charge in [0.2, 0.25) is 0 Å². The minimum absolute atomic E-state index is 0. The van der Waals surface area contributed by atoms with Crippen LogP contribution in [0, 0.1) is 0 Å². The van der Waals surface area contributed by atoms with Crippen LogP contribution in [0.25, 0.3) is 0 Å². The molecule has 0 bridgehead atoms. The molecule has 0 saturated carbocycles. The maximum Gasteiger partial charge on any atom is 0.147 e. The molecule has 0 aromatic heterocycles. The summed E-state index contributed by atoms with van der Waals surface area (Å²) in [6.45, 7) is 1.62. The molecule has 3 nitrogen and oxygen atoms in total. The zero-order chi connectivity index (χ0) is 5.21. The standard InChI is InChI=1S/C3H8O2S.ClH.H3N/c1-3-6(2,4)5;;/h3H2,1-2H3;1H;1H3. The molecule has 0 atom stereocenters. The summed E-state index contributed by atoms with van der Waals surface area (Å²) in [4.78, 5) is 0. The molecule has 0 saturated heterocycles. The van der Waals surface area contributed by atoms with Crippen LogP contribution in [0.2, 0.25) is 0 Å². The fraction of sp³-hybridized carbons (Fsp3) is 1.00. The van der Waals surface area contributed by atoms with Crippen molar-refractivity contribution in [3.8, 4) is 0 Å². The Kier molecular flexibility index (Phi) is 10.5. The molecule has 0 aliphatic carbocycles. The Morgan fingerprint density at radius 1 is 1.38 bits per heavy atom.